The molecule has 0 heterocycles. The van der Waals surface area contributed by atoms with E-state index in [2.05, 4.69) is 15.9 Å². The quantitative estimate of drug-likeness (QED) is 0.780. The molecule has 0 radical (unpaired) electrons. The van der Waals surface area contributed by atoms with Crippen molar-refractivity contribution in [3.05, 3.63) is 34.3 Å². The van der Waals surface area contributed by atoms with Crippen LogP contribution in [0.5, 0.6) is 0 Å². The topological polar surface area (TPSA) is 17.1 Å². The molecule has 0 N–H and O–H groups in total. The zero-order valence-electron chi connectivity index (χ0n) is 10.1. The summed E-state index contributed by atoms with van der Waals surface area (Å²) in [6, 6.07) is 8.04. The fourth-order valence-electron chi connectivity index (χ4n) is 2.63. The first kappa shape index (κ1) is 12.8. The molecular formula is C15H19BrO. The van der Waals surface area contributed by atoms with E-state index in [-0.39, 0.29) is 0 Å². The number of ketones is 1. The second-order valence-corrected chi connectivity index (χ2v) is 5.95. The van der Waals surface area contributed by atoms with E-state index in [0.717, 1.165) is 28.8 Å². The third-order valence-corrected chi connectivity index (χ3v) is 4.09. The van der Waals surface area contributed by atoms with Crippen molar-refractivity contribution < 1.29 is 4.79 Å². The Bertz CT molecular complexity index is 380. The third-order valence-electron chi connectivity index (χ3n) is 3.60. The first-order valence-electron chi connectivity index (χ1n) is 6.50. The highest BCUT2D eigenvalue weighted by Crippen LogP contribution is 2.28. The summed E-state index contributed by atoms with van der Waals surface area (Å²) in [6.45, 7) is 0. The van der Waals surface area contributed by atoms with Gasteiger partial charge in [0.25, 0.3) is 0 Å². The van der Waals surface area contributed by atoms with E-state index >= 15 is 0 Å². The predicted octanol–water partition coefficient (Wildman–Crippen LogP) is 4.53. The second kappa shape index (κ2) is 6.34. The first-order valence-corrected chi connectivity index (χ1v) is 7.29. The molecule has 0 aliphatic heterocycles. The molecule has 1 aliphatic rings. The molecular weight excluding hydrogens is 276 g/mol. The van der Waals surface area contributed by atoms with Gasteiger partial charge in [-0.1, -0.05) is 53.7 Å². The Morgan fingerprint density at radius 1 is 1.29 bits per heavy atom. The SMILES string of the molecule is O=C(CCC1CCCC1)Cc1cccc(Br)c1. The highest BCUT2D eigenvalue weighted by molar-refractivity contribution is 9.10. The average Bonchev–Trinajstić information content (AvgIpc) is 2.79. The number of carbonyl (C=O) groups is 1. The lowest BCUT2D eigenvalue weighted by Gasteiger charge is -2.07. The molecule has 2 heteroatoms. The minimum absolute atomic E-state index is 0.384. The van der Waals surface area contributed by atoms with Crippen molar-refractivity contribution >= 4 is 21.7 Å². The number of rotatable bonds is 5. The van der Waals surface area contributed by atoms with Crippen molar-refractivity contribution in [2.75, 3.05) is 0 Å². The molecule has 92 valence electrons. The Kier molecular flexibility index (Phi) is 4.78. The summed E-state index contributed by atoms with van der Waals surface area (Å²) >= 11 is 3.43. The number of hydrogen-bond acceptors (Lipinski definition) is 1. The molecule has 1 nitrogen and oxygen atoms in total. The van der Waals surface area contributed by atoms with Crippen LogP contribution in [0, 0.1) is 5.92 Å². The van der Waals surface area contributed by atoms with Gasteiger partial charge in [0.05, 0.1) is 0 Å². The van der Waals surface area contributed by atoms with Gasteiger partial charge in [-0.3, -0.25) is 4.79 Å². The van der Waals surface area contributed by atoms with Crippen LogP contribution in [0.25, 0.3) is 0 Å². The van der Waals surface area contributed by atoms with E-state index in [9.17, 15) is 4.79 Å². The highest BCUT2D eigenvalue weighted by atomic mass is 79.9. The number of Topliss-reactive ketones (excluding diaryl/α,β-unsaturated/α-hetero) is 1. The van der Waals surface area contributed by atoms with E-state index in [4.69, 9.17) is 0 Å². The third kappa shape index (κ3) is 4.27. The summed E-state index contributed by atoms with van der Waals surface area (Å²) in [4.78, 5) is 11.9. The van der Waals surface area contributed by atoms with Gasteiger partial charge in [-0.05, 0) is 30.0 Å². The maximum atomic E-state index is 11.9. The van der Waals surface area contributed by atoms with Gasteiger partial charge < -0.3 is 0 Å². The highest BCUT2D eigenvalue weighted by Gasteiger charge is 2.16. The normalized spacial score (nSPS) is 16.3. The summed E-state index contributed by atoms with van der Waals surface area (Å²) in [5, 5.41) is 0. The van der Waals surface area contributed by atoms with Gasteiger partial charge in [-0.15, -0.1) is 0 Å². The fraction of sp³-hybridized carbons (Fsp3) is 0.533. The maximum Gasteiger partial charge on any atom is 0.137 e. The van der Waals surface area contributed by atoms with Crippen LogP contribution in [-0.4, -0.2) is 5.78 Å². The molecule has 1 saturated carbocycles. The second-order valence-electron chi connectivity index (χ2n) is 5.03. The van der Waals surface area contributed by atoms with Crippen molar-refractivity contribution in [2.24, 2.45) is 5.92 Å². The molecule has 2 rings (SSSR count). The molecule has 1 aromatic carbocycles. The van der Waals surface area contributed by atoms with Crippen LogP contribution in [0.1, 0.15) is 44.1 Å². The summed E-state index contributed by atoms with van der Waals surface area (Å²) in [6.07, 6.45) is 7.86. The van der Waals surface area contributed by atoms with E-state index in [1.807, 2.05) is 24.3 Å². The van der Waals surface area contributed by atoms with Crippen molar-refractivity contribution in [2.45, 2.75) is 44.9 Å². The molecule has 0 atom stereocenters. The van der Waals surface area contributed by atoms with Crippen LogP contribution in [0.3, 0.4) is 0 Å². The standard InChI is InChI=1S/C15H19BrO/c16-14-7-3-6-13(10-14)11-15(17)9-8-12-4-1-2-5-12/h3,6-7,10,12H,1-2,4-5,8-9,11H2. The molecule has 0 amide bonds. The summed E-state index contributed by atoms with van der Waals surface area (Å²) in [7, 11) is 0. The largest absolute Gasteiger partial charge is 0.299 e. The zero-order chi connectivity index (χ0) is 12.1. The molecule has 17 heavy (non-hydrogen) atoms. The van der Waals surface area contributed by atoms with Crippen LogP contribution in [0.4, 0.5) is 0 Å². The molecule has 1 fully saturated rings. The zero-order valence-corrected chi connectivity index (χ0v) is 11.7. The number of benzene rings is 1. The lowest BCUT2D eigenvalue weighted by molar-refractivity contribution is -0.118. The molecule has 1 aliphatic carbocycles. The Morgan fingerprint density at radius 3 is 2.76 bits per heavy atom. The van der Waals surface area contributed by atoms with Gasteiger partial charge in [0, 0.05) is 17.3 Å². The van der Waals surface area contributed by atoms with Gasteiger partial charge >= 0.3 is 0 Å². The Balaban J connectivity index is 1.76. The summed E-state index contributed by atoms with van der Waals surface area (Å²) < 4.78 is 1.05. The van der Waals surface area contributed by atoms with E-state index < -0.39 is 0 Å². The number of hydrogen-bond donors (Lipinski definition) is 0. The van der Waals surface area contributed by atoms with Crippen molar-refractivity contribution in [1.82, 2.24) is 0 Å². The van der Waals surface area contributed by atoms with Gasteiger partial charge in [-0.2, -0.15) is 0 Å². The van der Waals surface area contributed by atoms with E-state index in [1.165, 1.54) is 25.7 Å². The van der Waals surface area contributed by atoms with Crippen molar-refractivity contribution in [3.63, 3.8) is 0 Å². The minimum atomic E-state index is 0.384. The maximum absolute atomic E-state index is 11.9. The lowest BCUT2D eigenvalue weighted by atomic mass is 9.98. The smallest absolute Gasteiger partial charge is 0.137 e. The minimum Gasteiger partial charge on any atom is -0.299 e. The van der Waals surface area contributed by atoms with Gasteiger partial charge in [0.2, 0.25) is 0 Å². The molecule has 0 aromatic heterocycles. The first-order chi connectivity index (χ1) is 8.24. The van der Waals surface area contributed by atoms with Crippen LogP contribution >= 0.6 is 15.9 Å². The lowest BCUT2D eigenvalue weighted by Crippen LogP contribution is -2.05. The number of carbonyl (C=O) groups excluding carboxylic acids is 1. The summed E-state index contributed by atoms with van der Waals surface area (Å²) in [5.74, 6) is 1.21. The number of halogens is 1. The molecule has 1 aromatic rings. The molecule has 0 spiro atoms. The van der Waals surface area contributed by atoms with E-state index in [0.29, 0.717) is 12.2 Å². The van der Waals surface area contributed by atoms with Crippen LogP contribution < -0.4 is 0 Å². The Labute approximate surface area is 112 Å². The van der Waals surface area contributed by atoms with Gasteiger partial charge in [0.15, 0.2) is 0 Å². The molecule has 0 unspecified atom stereocenters. The fourth-order valence-corrected chi connectivity index (χ4v) is 3.07. The van der Waals surface area contributed by atoms with Crippen molar-refractivity contribution in [1.29, 1.82) is 0 Å². The average molecular weight is 295 g/mol. The summed E-state index contributed by atoms with van der Waals surface area (Å²) in [5.41, 5.74) is 1.12. The van der Waals surface area contributed by atoms with Crippen LogP contribution in [0.2, 0.25) is 0 Å². The Hall–Kier alpha value is -0.630. The molecule has 0 bridgehead atoms. The van der Waals surface area contributed by atoms with Gasteiger partial charge in [-0.25, -0.2) is 0 Å². The monoisotopic (exact) mass is 294 g/mol. The van der Waals surface area contributed by atoms with E-state index in [1.54, 1.807) is 0 Å². The van der Waals surface area contributed by atoms with Crippen LogP contribution in [-0.2, 0) is 11.2 Å². The van der Waals surface area contributed by atoms with Crippen molar-refractivity contribution in [3.8, 4) is 0 Å². The predicted molar refractivity (Wildman–Crippen MR) is 74.0 cm³/mol. The Morgan fingerprint density at radius 2 is 2.06 bits per heavy atom. The van der Waals surface area contributed by atoms with Crippen LogP contribution in [0.15, 0.2) is 28.7 Å². The van der Waals surface area contributed by atoms with Gasteiger partial charge in [0.1, 0.15) is 5.78 Å². The molecule has 0 saturated heterocycles.